The first-order valence-corrected chi connectivity index (χ1v) is 9.19. The van der Waals surface area contributed by atoms with Gasteiger partial charge in [0, 0.05) is 0 Å². The lowest BCUT2D eigenvalue weighted by atomic mass is 10.2. The molecule has 0 radical (unpaired) electrons. The van der Waals surface area contributed by atoms with E-state index in [0.29, 0.717) is 0 Å². The Morgan fingerprint density at radius 1 is 1.19 bits per heavy atom. The maximum atomic E-state index is 12.0. The highest BCUT2D eigenvalue weighted by Gasteiger charge is 2.35. The summed E-state index contributed by atoms with van der Waals surface area (Å²) in [5.41, 5.74) is 0.267. The van der Waals surface area contributed by atoms with Crippen LogP contribution in [0.25, 0.3) is 0 Å². The van der Waals surface area contributed by atoms with Gasteiger partial charge in [0.15, 0.2) is 0 Å². The third kappa shape index (κ3) is 2.21. The lowest BCUT2D eigenvalue weighted by Gasteiger charge is -2.48. The van der Waals surface area contributed by atoms with Crippen LogP contribution in [-0.4, -0.2) is 25.3 Å². The number of piperidine rings is 1. The molecule has 0 bridgehead atoms. The van der Waals surface area contributed by atoms with Crippen molar-refractivity contribution >= 4 is 13.3 Å². The van der Waals surface area contributed by atoms with Gasteiger partial charge in [0.2, 0.25) is 0 Å². The van der Waals surface area contributed by atoms with Crippen LogP contribution in [0.2, 0.25) is 13.1 Å². The number of hydrogen-bond acceptors (Lipinski definition) is 2. The molecule has 0 spiro atoms. The Morgan fingerprint density at radius 2 is 1.88 bits per heavy atom. The summed E-state index contributed by atoms with van der Waals surface area (Å²) in [4.78, 5) is 0. The second-order valence-electron chi connectivity index (χ2n) is 5.24. The highest BCUT2D eigenvalue weighted by Crippen LogP contribution is 2.24. The van der Waals surface area contributed by atoms with Gasteiger partial charge in [-0.15, -0.1) is 0 Å². The molecule has 0 amide bonds. The van der Waals surface area contributed by atoms with Crippen molar-refractivity contribution < 1.29 is 0 Å². The molecule has 2 nitrogen and oxygen atoms in total. The molecule has 0 aliphatic carbocycles. The quantitative estimate of drug-likeness (QED) is 0.735. The van der Waals surface area contributed by atoms with Crippen LogP contribution < -0.4 is 5.19 Å². The van der Waals surface area contributed by atoms with Crippen LogP contribution in [-0.2, 0) is 0 Å². The van der Waals surface area contributed by atoms with E-state index in [4.69, 9.17) is 0 Å². The first-order chi connectivity index (χ1) is 7.62. The lowest BCUT2D eigenvalue weighted by Crippen LogP contribution is -2.59. The van der Waals surface area contributed by atoms with Crippen LogP contribution in [0.15, 0.2) is 30.3 Å². The minimum absolute atomic E-state index is 0.267. The van der Waals surface area contributed by atoms with Crippen LogP contribution in [0.4, 0.5) is 0 Å². The van der Waals surface area contributed by atoms with Gasteiger partial charge in [-0.1, -0.05) is 55.0 Å². The zero-order chi connectivity index (χ0) is 11.6. The Labute approximate surface area is 98.9 Å². The van der Waals surface area contributed by atoms with Crippen molar-refractivity contribution in [1.82, 2.24) is 5.06 Å². The van der Waals surface area contributed by atoms with Crippen molar-refractivity contribution in [2.75, 3.05) is 6.54 Å². The summed E-state index contributed by atoms with van der Waals surface area (Å²) in [6, 6.07) is 10.6. The average molecular weight is 234 g/mol. The van der Waals surface area contributed by atoms with Gasteiger partial charge in [0.25, 0.3) is 0 Å². The Hall–Kier alpha value is -0.643. The molecule has 1 atom stereocenters. The van der Waals surface area contributed by atoms with Crippen LogP contribution in [0, 0.1) is 5.21 Å². The van der Waals surface area contributed by atoms with Crippen molar-refractivity contribution in [1.29, 1.82) is 0 Å². The summed E-state index contributed by atoms with van der Waals surface area (Å²) in [5, 5.41) is 14.7. The van der Waals surface area contributed by atoms with Crippen LogP contribution in [0.5, 0.6) is 0 Å². The van der Waals surface area contributed by atoms with E-state index in [1.165, 1.54) is 16.7 Å². The third-order valence-electron chi connectivity index (χ3n) is 3.80. The smallest absolute Gasteiger partial charge is 0.0974 e. The predicted molar refractivity (Wildman–Crippen MR) is 71.3 cm³/mol. The molecule has 0 aromatic heterocycles. The maximum absolute atomic E-state index is 12.0. The summed E-state index contributed by atoms with van der Waals surface area (Å²) in [6.07, 6.45) is 3.36. The Kier molecular flexibility index (Phi) is 3.47. The summed E-state index contributed by atoms with van der Waals surface area (Å²) < 4.78 is 0. The van der Waals surface area contributed by atoms with Crippen molar-refractivity contribution in [2.24, 2.45) is 0 Å². The van der Waals surface area contributed by atoms with E-state index in [9.17, 15) is 5.21 Å². The molecule has 2 rings (SSSR count). The predicted octanol–water partition coefficient (Wildman–Crippen LogP) is 2.49. The molecule has 1 heterocycles. The van der Waals surface area contributed by atoms with Gasteiger partial charge >= 0.3 is 0 Å². The van der Waals surface area contributed by atoms with Crippen LogP contribution in [0.1, 0.15) is 19.3 Å². The van der Waals surface area contributed by atoms with Crippen molar-refractivity contribution in [2.45, 2.75) is 38.0 Å². The highest BCUT2D eigenvalue weighted by molar-refractivity contribution is 6.91. The number of hydrogen-bond donors (Lipinski definition) is 0. The maximum Gasteiger partial charge on any atom is 0.0974 e. The fourth-order valence-electron chi connectivity index (χ4n) is 2.69. The van der Waals surface area contributed by atoms with Gasteiger partial charge in [0.05, 0.1) is 8.07 Å². The van der Waals surface area contributed by atoms with E-state index in [0.717, 1.165) is 19.4 Å². The topological polar surface area (TPSA) is 26.3 Å². The molecular formula is C13H20NOSi-. The Morgan fingerprint density at radius 3 is 2.50 bits per heavy atom. The molecule has 1 saturated heterocycles. The van der Waals surface area contributed by atoms with Gasteiger partial charge in [-0.2, -0.15) is 0 Å². The van der Waals surface area contributed by atoms with Gasteiger partial charge in [-0.25, -0.2) is 0 Å². The fraction of sp³-hybridized carbons (Fsp3) is 0.538. The molecule has 1 aliphatic rings. The highest BCUT2D eigenvalue weighted by atomic mass is 28.3. The van der Waals surface area contributed by atoms with Gasteiger partial charge in [0.1, 0.15) is 0 Å². The van der Waals surface area contributed by atoms with E-state index in [1.54, 1.807) is 0 Å². The van der Waals surface area contributed by atoms with Gasteiger partial charge < -0.3 is 10.3 Å². The zero-order valence-corrected chi connectivity index (χ0v) is 11.1. The van der Waals surface area contributed by atoms with Gasteiger partial charge in [-0.05, 0) is 25.1 Å². The normalized spacial score (nSPS) is 23.3. The Bertz CT molecular complexity index is 339. The molecule has 16 heavy (non-hydrogen) atoms. The molecule has 0 N–H and O–H groups in total. The molecule has 1 fully saturated rings. The minimum atomic E-state index is -1.63. The number of rotatable bonds is 2. The van der Waals surface area contributed by atoms with E-state index < -0.39 is 8.07 Å². The largest absolute Gasteiger partial charge is 0.785 e. The van der Waals surface area contributed by atoms with Crippen LogP contribution >= 0.6 is 0 Å². The SMILES string of the molecule is C[Si](C)(c1ccccc1)C1CCCCN1[O-]. The number of hydroxylamine groups is 2. The fourth-order valence-corrected chi connectivity index (χ4v) is 5.90. The van der Waals surface area contributed by atoms with Crippen LogP contribution in [0.3, 0.4) is 0 Å². The lowest BCUT2D eigenvalue weighted by molar-refractivity contribution is 0.270. The van der Waals surface area contributed by atoms with Crippen molar-refractivity contribution in [3.05, 3.63) is 35.5 Å². The van der Waals surface area contributed by atoms with E-state index >= 15 is 0 Å². The second kappa shape index (κ2) is 4.70. The van der Waals surface area contributed by atoms with E-state index in [1.807, 2.05) is 6.07 Å². The number of benzene rings is 1. The monoisotopic (exact) mass is 234 g/mol. The molecule has 1 aromatic rings. The minimum Gasteiger partial charge on any atom is -0.785 e. The first kappa shape index (κ1) is 11.8. The summed E-state index contributed by atoms with van der Waals surface area (Å²) in [5.74, 6) is 0. The number of nitrogens with zero attached hydrogens (tertiary/aromatic N) is 1. The molecule has 3 heteroatoms. The average Bonchev–Trinajstić information content (AvgIpc) is 2.30. The summed E-state index contributed by atoms with van der Waals surface area (Å²) >= 11 is 0. The summed E-state index contributed by atoms with van der Waals surface area (Å²) in [6.45, 7) is 5.38. The standard InChI is InChI=1S/C13H20NOSi/c1-16(2,12-8-4-3-5-9-12)13-10-6-7-11-14(13)15/h3-5,8-9,13H,6-7,10-11H2,1-2H3/q-1. The molecule has 88 valence electrons. The molecule has 1 aromatic carbocycles. The first-order valence-electron chi connectivity index (χ1n) is 6.11. The molecular weight excluding hydrogens is 214 g/mol. The van der Waals surface area contributed by atoms with Crippen molar-refractivity contribution in [3.63, 3.8) is 0 Å². The van der Waals surface area contributed by atoms with E-state index in [2.05, 4.69) is 37.4 Å². The summed E-state index contributed by atoms with van der Waals surface area (Å²) in [7, 11) is -1.63. The molecule has 1 aliphatic heterocycles. The van der Waals surface area contributed by atoms with Crippen molar-refractivity contribution in [3.8, 4) is 0 Å². The molecule has 0 saturated carbocycles. The zero-order valence-electron chi connectivity index (χ0n) is 10.1. The van der Waals surface area contributed by atoms with Gasteiger partial charge in [-0.3, -0.25) is 0 Å². The van der Waals surface area contributed by atoms with E-state index in [-0.39, 0.29) is 5.67 Å². The molecule has 1 unspecified atom stereocenters. The second-order valence-corrected chi connectivity index (χ2v) is 9.93. The third-order valence-corrected chi connectivity index (χ3v) is 7.87. The Balaban J connectivity index is 2.23.